The molecule has 0 spiro atoms. The maximum absolute atomic E-state index is 10.5. The van der Waals surface area contributed by atoms with Crippen LogP contribution in [0.2, 0.25) is 0 Å². The van der Waals surface area contributed by atoms with E-state index in [0.29, 0.717) is 12.8 Å². The monoisotopic (exact) mass is 157 g/mol. The molecule has 0 aliphatic carbocycles. The van der Waals surface area contributed by atoms with Gasteiger partial charge in [0.1, 0.15) is 5.78 Å². The third-order valence-corrected chi connectivity index (χ3v) is 1.21. The lowest BCUT2D eigenvalue weighted by molar-refractivity contribution is -0.136. The molecule has 0 radical (unpaired) electrons. The molecule has 0 aliphatic rings. The number of carbonyl (C=O) groups excluding carboxylic acids is 3. The Bertz CT molecular complexity index is 186. The van der Waals surface area contributed by atoms with Crippen molar-refractivity contribution < 1.29 is 14.4 Å². The van der Waals surface area contributed by atoms with Crippen LogP contribution < -0.4 is 5.73 Å². The summed E-state index contributed by atoms with van der Waals surface area (Å²) in [6.07, 6.45) is 0.824. The number of hydrogen-bond acceptors (Lipinski definition) is 3. The molecule has 11 heavy (non-hydrogen) atoms. The number of ketones is 2. The van der Waals surface area contributed by atoms with Crippen molar-refractivity contribution in [1.29, 1.82) is 0 Å². The maximum Gasteiger partial charge on any atom is 0.284 e. The molecule has 0 aromatic carbocycles. The molecule has 0 saturated carbocycles. The summed E-state index contributed by atoms with van der Waals surface area (Å²) in [7, 11) is 0. The highest BCUT2D eigenvalue weighted by Crippen LogP contribution is 1.96. The van der Waals surface area contributed by atoms with Gasteiger partial charge in [-0.2, -0.15) is 0 Å². The van der Waals surface area contributed by atoms with Gasteiger partial charge in [0.2, 0.25) is 5.78 Å². The molecule has 0 bridgehead atoms. The lowest BCUT2D eigenvalue weighted by atomic mass is 10.1. The Labute approximate surface area is 64.8 Å². The SMILES string of the molecule is CC(=O)CCCC(=O)C(N)=O. The molecule has 0 aliphatic heterocycles. The van der Waals surface area contributed by atoms with E-state index in [1.807, 2.05) is 0 Å². The Kier molecular flexibility index (Phi) is 4.10. The smallest absolute Gasteiger partial charge is 0.284 e. The Morgan fingerprint density at radius 2 is 1.73 bits per heavy atom. The Morgan fingerprint density at radius 1 is 1.18 bits per heavy atom. The summed E-state index contributed by atoms with van der Waals surface area (Å²) in [4.78, 5) is 31.1. The van der Waals surface area contributed by atoms with Crippen molar-refractivity contribution >= 4 is 17.5 Å². The van der Waals surface area contributed by atoms with Gasteiger partial charge in [-0.25, -0.2) is 0 Å². The summed E-state index contributed by atoms with van der Waals surface area (Å²) in [6.45, 7) is 1.44. The second-order valence-electron chi connectivity index (χ2n) is 2.34. The van der Waals surface area contributed by atoms with Gasteiger partial charge in [-0.1, -0.05) is 0 Å². The number of amides is 1. The summed E-state index contributed by atoms with van der Waals surface area (Å²) >= 11 is 0. The first-order chi connectivity index (χ1) is 5.04. The van der Waals surface area contributed by atoms with Gasteiger partial charge in [0.05, 0.1) is 0 Å². The van der Waals surface area contributed by atoms with E-state index in [-0.39, 0.29) is 12.2 Å². The molecule has 0 atom stereocenters. The van der Waals surface area contributed by atoms with E-state index in [1.54, 1.807) is 0 Å². The van der Waals surface area contributed by atoms with Gasteiger partial charge in [0.25, 0.3) is 5.91 Å². The van der Waals surface area contributed by atoms with Crippen LogP contribution in [-0.2, 0) is 14.4 Å². The van der Waals surface area contributed by atoms with Crippen LogP contribution in [0.4, 0.5) is 0 Å². The minimum absolute atomic E-state index is 0.0160. The van der Waals surface area contributed by atoms with Gasteiger partial charge < -0.3 is 10.5 Å². The maximum atomic E-state index is 10.5. The van der Waals surface area contributed by atoms with Crippen LogP contribution in [0.15, 0.2) is 0 Å². The van der Waals surface area contributed by atoms with E-state index in [4.69, 9.17) is 0 Å². The van der Waals surface area contributed by atoms with Crippen LogP contribution >= 0.6 is 0 Å². The number of rotatable bonds is 5. The van der Waals surface area contributed by atoms with E-state index in [0.717, 1.165) is 0 Å². The van der Waals surface area contributed by atoms with E-state index >= 15 is 0 Å². The number of primary amides is 1. The number of nitrogens with two attached hydrogens (primary N) is 1. The average molecular weight is 157 g/mol. The quantitative estimate of drug-likeness (QED) is 0.561. The molecule has 62 valence electrons. The number of Topliss-reactive ketones (excluding diaryl/α,β-unsaturated/α-hetero) is 2. The third-order valence-electron chi connectivity index (χ3n) is 1.21. The first-order valence-electron chi connectivity index (χ1n) is 3.36. The third kappa shape index (κ3) is 5.26. The minimum atomic E-state index is -0.923. The topological polar surface area (TPSA) is 77.2 Å². The van der Waals surface area contributed by atoms with Crippen molar-refractivity contribution in [3.05, 3.63) is 0 Å². The number of hydrogen-bond donors (Lipinski definition) is 1. The Morgan fingerprint density at radius 3 is 2.09 bits per heavy atom. The Balaban J connectivity index is 3.47. The fourth-order valence-electron chi connectivity index (χ4n) is 0.621. The van der Waals surface area contributed by atoms with Crippen LogP contribution in [0.25, 0.3) is 0 Å². The summed E-state index contributed by atoms with van der Waals surface area (Å²) in [5, 5.41) is 0. The van der Waals surface area contributed by atoms with Gasteiger partial charge in [0.15, 0.2) is 0 Å². The molecule has 1 amide bonds. The standard InChI is InChI=1S/C7H11NO3/c1-5(9)3-2-4-6(10)7(8)11/h2-4H2,1H3,(H2,8,11). The van der Waals surface area contributed by atoms with Crippen LogP contribution in [-0.4, -0.2) is 17.5 Å². The van der Waals surface area contributed by atoms with Crippen molar-refractivity contribution in [3.63, 3.8) is 0 Å². The predicted molar refractivity (Wildman–Crippen MR) is 38.7 cm³/mol. The summed E-state index contributed by atoms with van der Waals surface area (Å²) < 4.78 is 0. The molecule has 0 fully saturated rings. The zero-order valence-corrected chi connectivity index (χ0v) is 6.42. The van der Waals surface area contributed by atoms with Gasteiger partial charge >= 0.3 is 0 Å². The van der Waals surface area contributed by atoms with Crippen LogP contribution in [0, 0.1) is 0 Å². The van der Waals surface area contributed by atoms with Gasteiger partial charge in [-0.05, 0) is 13.3 Å². The highest BCUT2D eigenvalue weighted by Gasteiger charge is 2.07. The first kappa shape index (κ1) is 9.81. The van der Waals surface area contributed by atoms with Crippen molar-refractivity contribution in [1.82, 2.24) is 0 Å². The molecule has 0 unspecified atom stereocenters. The molecule has 2 N–H and O–H groups in total. The molecule has 0 aromatic rings. The van der Waals surface area contributed by atoms with Crippen molar-refractivity contribution in [2.24, 2.45) is 5.73 Å². The van der Waals surface area contributed by atoms with Crippen molar-refractivity contribution in [2.75, 3.05) is 0 Å². The zero-order chi connectivity index (χ0) is 8.85. The molecular formula is C7H11NO3. The highest BCUT2D eigenvalue weighted by atomic mass is 16.2. The minimum Gasteiger partial charge on any atom is -0.363 e. The van der Waals surface area contributed by atoms with Gasteiger partial charge in [-0.15, -0.1) is 0 Å². The molecule has 4 nitrogen and oxygen atoms in total. The highest BCUT2D eigenvalue weighted by molar-refractivity contribution is 6.35. The fraction of sp³-hybridized carbons (Fsp3) is 0.571. The molecule has 4 heteroatoms. The second kappa shape index (κ2) is 4.60. The van der Waals surface area contributed by atoms with E-state index in [2.05, 4.69) is 5.73 Å². The molecule has 0 aromatic heterocycles. The second-order valence-corrected chi connectivity index (χ2v) is 2.34. The van der Waals surface area contributed by atoms with Crippen molar-refractivity contribution in [2.45, 2.75) is 26.2 Å². The fourth-order valence-corrected chi connectivity index (χ4v) is 0.621. The van der Waals surface area contributed by atoms with E-state index in [9.17, 15) is 14.4 Å². The first-order valence-corrected chi connectivity index (χ1v) is 3.36. The predicted octanol–water partition coefficient (Wildman–Crippen LogP) is -0.200. The van der Waals surface area contributed by atoms with Crippen molar-refractivity contribution in [3.8, 4) is 0 Å². The van der Waals surface area contributed by atoms with Gasteiger partial charge in [-0.3, -0.25) is 9.59 Å². The Hall–Kier alpha value is -1.19. The normalized spacial score (nSPS) is 9.18. The summed E-state index contributed by atoms with van der Waals surface area (Å²) in [5.74, 6) is -1.51. The summed E-state index contributed by atoms with van der Waals surface area (Å²) in [6, 6.07) is 0. The number of carbonyl (C=O) groups is 3. The largest absolute Gasteiger partial charge is 0.363 e. The van der Waals surface area contributed by atoms with Crippen LogP contribution in [0.1, 0.15) is 26.2 Å². The lowest BCUT2D eigenvalue weighted by Gasteiger charge is -1.93. The van der Waals surface area contributed by atoms with Crippen LogP contribution in [0.3, 0.4) is 0 Å². The average Bonchev–Trinajstić information content (AvgIpc) is 1.86. The van der Waals surface area contributed by atoms with E-state index in [1.165, 1.54) is 6.92 Å². The zero-order valence-electron chi connectivity index (χ0n) is 6.42. The summed E-state index contributed by atoms with van der Waals surface area (Å²) in [5.41, 5.74) is 4.68. The molecule has 0 heterocycles. The van der Waals surface area contributed by atoms with Crippen LogP contribution in [0.5, 0.6) is 0 Å². The molecule has 0 saturated heterocycles. The molecule has 0 rings (SSSR count). The van der Waals surface area contributed by atoms with Gasteiger partial charge in [0, 0.05) is 12.8 Å². The van der Waals surface area contributed by atoms with E-state index < -0.39 is 11.7 Å². The lowest BCUT2D eigenvalue weighted by Crippen LogP contribution is -2.22. The molecular weight excluding hydrogens is 146 g/mol.